The van der Waals surface area contributed by atoms with Gasteiger partial charge >= 0.3 is 11.9 Å². The molecule has 0 aromatic heterocycles. The summed E-state index contributed by atoms with van der Waals surface area (Å²) in [5.74, 6) is 0.515. The summed E-state index contributed by atoms with van der Waals surface area (Å²) in [7, 11) is 0. The molecule has 2 aromatic rings. The van der Waals surface area contributed by atoms with Crippen LogP contribution in [0.2, 0.25) is 0 Å². The molecule has 7 nitrogen and oxygen atoms in total. The number of anilines is 1. The fraction of sp³-hybridized carbons (Fsp3) is 0.269. The number of esters is 2. The van der Waals surface area contributed by atoms with Crippen molar-refractivity contribution in [2.75, 3.05) is 31.3 Å². The average Bonchev–Trinajstić information content (AvgIpc) is 3.23. The molecule has 1 aliphatic rings. The van der Waals surface area contributed by atoms with Gasteiger partial charge in [0.2, 0.25) is 0 Å². The van der Waals surface area contributed by atoms with Gasteiger partial charge in [0.1, 0.15) is 32.2 Å². The van der Waals surface area contributed by atoms with Crippen LogP contribution in [-0.2, 0) is 23.8 Å². The molecule has 0 N–H and O–H groups in total. The Labute approximate surface area is 353 Å². The quantitative estimate of drug-likeness (QED) is 0.0539. The largest absolute Gasteiger partial charge is 0.494 e. The Balaban J connectivity index is 0.00000590. The highest BCUT2D eigenvalue weighted by Crippen LogP contribution is 2.31. The Morgan fingerprint density at radius 2 is 1.46 bits per heavy atom. The molecule has 0 amide bonds. The van der Waals surface area contributed by atoms with E-state index in [1.165, 1.54) is 5.56 Å². The first kappa shape index (κ1) is 48.8. The number of benzene rings is 2. The van der Waals surface area contributed by atoms with Gasteiger partial charge in [0.15, 0.2) is 0 Å². The maximum atomic E-state index is 11.4. The Hall–Kier alpha value is -6.34. The van der Waals surface area contributed by atoms with Crippen molar-refractivity contribution >= 4 is 23.2 Å². The predicted molar refractivity (Wildman–Crippen MR) is 247 cm³/mol. The van der Waals surface area contributed by atoms with Crippen LogP contribution < -0.4 is 9.64 Å². The molecule has 0 atom stereocenters. The number of allylic oxidation sites excluding steroid dienone is 17. The smallest absolute Gasteiger partial charge is 0.330 e. The highest BCUT2D eigenvalue weighted by Gasteiger charge is 2.13. The maximum Gasteiger partial charge on any atom is 0.330 e. The number of nitrogens with zero attached hydrogens (tertiary/aromatic N) is 1. The lowest BCUT2D eigenvalue weighted by atomic mass is 9.93. The van der Waals surface area contributed by atoms with Crippen molar-refractivity contribution in [3.8, 4) is 5.75 Å². The van der Waals surface area contributed by atoms with E-state index in [0.29, 0.717) is 18.6 Å². The third kappa shape index (κ3) is 18.2. The molecule has 0 spiro atoms. The van der Waals surface area contributed by atoms with E-state index in [2.05, 4.69) is 137 Å². The van der Waals surface area contributed by atoms with Gasteiger partial charge < -0.3 is 23.8 Å². The Morgan fingerprint density at radius 1 is 0.814 bits per heavy atom. The summed E-state index contributed by atoms with van der Waals surface area (Å²) >= 11 is 0. The maximum absolute atomic E-state index is 11.4. The number of hydrogen-bond donors (Lipinski definition) is 0. The van der Waals surface area contributed by atoms with Crippen molar-refractivity contribution in [3.05, 3.63) is 198 Å². The molecule has 0 heterocycles. The number of carbonyl (C=O) groups is 2. The van der Waals surface area contributed by atoms with Crippen molar-refractivity contribution in [1.29, 1.82) is 0 Å². The molecule has 0 saturated heterocycles. The topological polar surface area (TPSA) is 74.3 Å². The second kappa shape index (κ2) is 28.1. The summed E-state index contributed by atoms with van der Waals surface area (Å²) in [6.07, 6.45) is 29.7. The molecule has 0 aliphatic heterocycles. The van der Waals surface area contributed by atoms with Gasteiger partial charge in [0.05, 0.1) is 5.76 Å². The molecule has 0 saturated carbocycles. The van der Waals surface area contributed by atoms with Crippen molar-refractivity contribution < 1.29 is 28.5 Å². The number of ether oxygens (including phenoxy) is 4. The van der Waals surface area contributed by atoms with Crippen LogP contribution in [0.15, 0.2) is 187 Å². The molecule has 312 valence electrons. The summed E-state index contributed by atoms with van der Waals surface area (Å²) in [5.41, 5.74) is 9.33. The SMILES string of the molecule is C=CC(=O)OCCO/C1=C/C/C=C(/C(=C/C(/C=C\C(=C)N(/C(C)=C/C=C(C)\C=C/C)c2ccc(C)cc2)=C/CC)c2ccc(OCCOC(=O)C=C)cc2)C=CC1.CC. The van der Waals surface area contributed by atoms with Gasteiger partial charge in [-0.05, 0) is 111 Å². The molecule has 0 bridgehead atoms. The average molecular weight is 798 g/mol. The molecular formula is C52H63NO6. The second-order valence-corrected chi connectivity index (χ2v) is 13.0. The van der Waals surface area contributed by atoms with E-state index in [1.54, 1.807) is 0 Å². The van der Waals surface area contributed by atoms with Crippen LogP contribution in [0.5, 0.6) is 5.75 Å². The number of carbonyl (C=O) groups excluding carboxylic acids is 2. The van der Waals surface area contributed by atoms with Crippen molar-refractivity contribution in [3.63, 3.8) is 0 Å². The summed E-state index contributed by atoms with van der Waals surface area (Å²) in [6.45, 7) is 26.5. The van der Waals surface area contributed by atoms with E-state index in [0.717, 1.165) is 69.3 Å². The zero-order valence-corrected chi connectivity index (χ0v) is 36.2. The highest BCUT2D eigenvalue weighted by atomic mass is 16.6. The second-order valence-electron chi connectivity index (χ2n) is 13.0. The molecule has 0 unspecified atom stereocenters. The van der Waals surface area contributed by atoms with E-state index in [-0.39, 0.29) is 26.4 Å². The van der Waals surface area contributed by atoms with Crippen LogP contribution in [-0.4, -0.2) is 38.4 Å². The highest BCUT2D eigenvalue weighted by molar-refractivity contribution is 5.84. The fourth-order valence-corrected chi connectivity index (χ4v) is 5.67. The van der Waals surface area contributed by atoms with E-state index >= 15 is 0 Å². The Kier molecular flexibility index (Phi) is 23.3. The van der Waals surface area contributed by atoms with Crippen molar-refractivity contribution in [2.24, 2.45) is 0 Å². The van der Waals surface area contributed by atoms with Crippen LogP contribution >= 0.6 is 0 Å². The minimum Gasteiger partial charge on any atom is -0.494 e. The first-order chi connectivity index (χ1) is 28.6. The molecule has 59 heavy (non-hydrogen) atoms. The molecule has 7 heteroatoms. The van der Waals surface area contributed by atoms with Crippen LogP contribution in [0.1, 0.15) is 71.9 Å². The lowest BCUT2D eigenvalue weighted by Gasteiger charge is -2.26. The van der Waals surface area contributed by atoms with Gasteiger partial charge in [0.25, 0.3) is 0 Å². The van der Waals surface area contributed by atoms with Crippen molar-refractivity contribution in [1.82, 2.24) is 0 Å². The summed E-state index contributed by atoms with van der Waals surface area (Å²) in [6, 6.07) is 16.3. The Morgan fingerprint density at radius 3 is 2.07 bits per heavy atom. The van der Waals surface area contributed by atoms with Crippen LogP contribution in [0.25, 0.3) is 5.57 Å². The van der Waals surface area contributed by atoms with Gasteiger partial charge in [-0.3, -0.25) is 0 Å². The molecule has 3 rings (SSSR count). The zero-order chi connectivity index (χ0) is 43.4. The summed E-state index contributed by atoms with van der Waals surface area (Å²) in [5, 5.41) is 0. The lowest BCUT2D eigenvalue weighted by Crippen LogP contribution is -2.18. The first-order valence-corrected chi connectivity index (χ1v) is 20.2. The molecule has 2 aromatic carbocycles. The van der Waals surface area contributed by atoms with Gasteiger partial charge in [0, 0.05) is 35.7 Å². The number of rotatable bonds is 21. The van der Waals surface area contributed by atoms with Gasteiger partial charge in [-0.25, -0.2) is 9.59 Å². The zero-order valence-electron chi connectivity index (χ0n) is 36.2. The fourth-order valence-electron chi connectivity index (χ4n) is 5.67. The lowest BCUT2D eigenvalue weighted by molar-refractivity contribution is -0.139. The number of hydrogen-bond acceptors (Lipinski definition) is 7. The van der Waals surface area contributed by atoms with Gasteiger partial charge in [-0.1, -0.05) is 125 Å². The standard InChI is InChI=1S/C50H57NO6.C2H6/c1-9-15-38(5)21-24-40(7)51(45-29-22-39(6)23-30-45)41(8)25-26-42(16-10-2)37-48(44-27-31-47(32-28-44)55-34-36-57-50(53)12-4)43-17-13-19-46(20-14-18-43)54-33-35-56-49(52)11-3;1-2/h9,11-13,15-18,20-32,37H,3-4,8,10,14,19,33-36H2,1-2,5-7H3;1-2H3/b15-9-,17-13?,26-25-,38-21-,40-24+,42-16+,43-18+,46-20+,48-37-;. The predicted octanol–water partition coefficient (Wildman–Crippen LogP) is 12.8. The minimum absolute atomic E-state index is 0.126. The van der Waals surface area contributed by atoms with E-state index in [4.69, 9.17) is 18.9 Å². The van der Waals surface area contributed by atoms with E-state index in [9.17, 15) is 9.59 Å². The van der Waals surface area contributed by atoms with Gasteiger partial charge in [-0.15, -0.1) is 0 Å². The normalized spacial score (nSPS) is 15.4. The minimum atomic E-state index is -0.484. The molecular weight excluding hydrogens is 735 g/mol. The molecule has 1 aliphatic carbocycles. The van der Waals surface area contributed by atoms with E-state index in [1.807, 2.05) is 57.2 Å². The number of aryl methyl sites for hydroxylation is 1. The third-order valence-corrected chi connectivity index (χ3v) is 8.49. The van der Waals surface area contributed by atoms with E-state index < -0.39 is 11.9 Å². The van der Waals surface area contributed by atoms with Crippen LogP contribution in [0.3, 0.4) is 0 Å². The van der Waals surface area contributed by atoms with Gasteiger partial charge in [-0.2, -0.15) is 0 Å². The molecule has 0 fully saturated rings. The van der Waals surface area contributed by atoms with Crippen LogP contribution in [0, 0.1) is 6.92 Å². The van der Waals surface area contributed by atoms with Crippen molar-refractivity contribution in [2.45, 2.75) is 67.7 Å². The monoisotopic (exact) mass is 797 g/mol. The Bertz CT molecular complexity index is 1980. The third-order valence-electron chi connectivity index (χ3n) is 8.49. The van der Waals surface area contributed by atoms with Crippen LogP contribution in [0.4, 0.5) is 5.69 Å². The summed E-state index contributed by atoms with van der Waals surface area (Å²) < 4.78 is 21.8. The first-order valence-electron chi connectivity index (χ1n) is 20.2. The summed E-state index contributed by atoms with van der Waals surface area (Å²) in [4.78, 5) is 25.0. The molecule has 0 radical (unpaired) electrons.